The molecule has 1 unspecified atom stereocenters. The van der Waals surface area contributed by atoms with Gasteiger partial charge >= 0.3 is 5.97 Å². The standard InChI is InChI=1S/C16H25N3O2/c1-4-21-16(20)13-6-7-14(17)15(10-13)19-9-5-8-18(3)11-12(19)2/h6-7,10,12H,4-5,8-9,11,17H2,1-3H3. The van der Waals surface area contributed by atoms with Crippen molar-refractivity contribution in [2.45, 2.75) is 26.3 Å². The van der Waals surface area contributed by atoms with E-state index in [1.807, 2.05) is 13.0 Å². The van der Waals surface area contributed by atoms with Gasteiger partial charge in [-0.05, 0) is 52.1 Å². The molecule has 116 valence electrons. The van der Waals surface area contributed by atoms with Crippen LogP contribution in [0.3, 0.4) is 0 Å². The summed E-state index contributed by atoms with van der Waals surface area (Å²) in [5.74, 6) is -0.293. The Kier molecular flexibility index (Phi) is 5.07. The highest BCUT2D eigenvalue weighted by Gasteiger charge is 2.22. The lowest BCUT2D eigenvalue weighted by atomic mass is 10.1. The Bertz CT molecular complexity index is 504. The van der Waals surface area contributed by atoms with E-state index in [2.05, 4.69) is 23.8 Å². The average Bonchev–Trinajstić information content (AvgIpc) is 2.60. The highest BCUT2D eigenvalue weighted by atomic mass is 16.5. The summed E-state index contributed by atoms with van der Waals surface area (Å²) in [6, 6.07) is 5.74. The first-order valence-corrected chi connectivity index (χ1v) is 7.54. The zero-order valence-corrected chi connectivity index (χ0v) is 13.1. The predicted octanol–water partition coefficient (Wildman–Crippen LogP) is 1.98. The fourth-order valence-electron chi connectivity index (χ4n) is 2.86. The number of hydrogen-bond acceptors (Lipinski definition) is 5. The third-order valence-electron chi connectivity index (χ3n) is 3.90. The normalized spacial score (nSPS) is 20.1. The summed E-state index contributed by atoms with van der Waals surface area (Å²) in [6.07, 6.45) is 1.09. The molecule has 5 heteroatoms. The Hall–Kier alpha value is -1.75. The van der Waals surface area contributed by atoms with Crippen LogP contribution in [0.2, 0.25) is 0 Å². The lowest BCUT2D eigenvalue weighted by molar-refractivity contribution is 0.0526. The van der Waals surface area contributed by atoms with E-state index < -0.39 is 0 Å². The summed E-state index contributed by atoms with van der Waals surface area (Å²) >= 11 is 0. The molecule has 0 aliphatic carbocycles. The molecule has 0 bridgehead atoms. The van der Waals surface area contributed by atoms with Crippen molar-refractivity contribution in [2.24, 2.45) is 0 Å². The molecule has 1 heterocycles. The van der Waals surface area contributed by atoms with Gasteiger partial charge in [-0.3, -0.25) is 0 Å². The average molecular weight is 291 g/mol. The lowest BCUT2D eigenvalue weighted by Gasteiger charge is -2.31. The Labute approximate surface area is 126 Å². The first-order chi connectivity index (χ1) is 10.0. The SMILES string of the molecule is CCOC(=O)c1ccc(N)c(N2CCCN(C)CC2C)c1. The maximum Gasteiger partial charge on any atom is 0.338 e. The Morgan fingerprint density at radius 3 is 2.90 bits per heavy atom. The highest BCUT2D eigenvalue weighted by Crippen LogP contribution is 2.28. The molecule has 1 aromatic carbocycles. The van der Waals surface area contributed by atoms with Crippen LogP contribution in [0.25, 0.3) is 0 Å². The van der Waals surface area contributed by atoms with Crippen molar-refractivity contribution in [3.05, 3.63) is 23.8 Å². The molecule has 1 atom stereocenters. The molecule has 21 heavy (non-hydrogen) atoms. The third-order valence-corrected chi connectivity index (χ3v) is 3.90. The molecule has 0 amide bonds. The van der Waals surface area contributed by atoms with Gasteiger partial charge in [0.25, 0.3) is 0 Å². The summed E-state index contributed by atoms with van der Waals surface area (Å²) in [5.41, 5.74) is 8.34. The largest absolute Gasteiger partial charge is 0.462 e. The highest BCUT2D eigenvalue weighted by molar-refractivity contribution is 5.92. The van der Waals surface area contributed by atoms with Crippen LogP contribution in [0.4, 0.5) is 11.4 Å². The summed E-state index contributed by atoms with van der Waals surface area (Å²) in [6.45, 7) is 7.40. The minimum Gasteiger partial charge on any atom is -0.462 e. The summed E-state index contributed by atoms with van der Waals surface area (Å²) in [7, 11) is 2.14. The fourth-order valence-corrected chi connectivity index (χ4v) is 2.86. The number of likely N-dealkylation sites (N-methyl/N-ethyl adjacent to an activating group) is 1. The van der Waals surface area contributed by atoms with E-state index in [9.17, 15) is 4.79 Å². The van der Waals surface area contributed by atoms with Gasteiger partial charge in [-0.25, -0.2) is 4.79 Å². The van der Waals surface area contributed by atoms with Crippen LogP contribution >= 0.6 is 0 Å². The number of rotatable bonds is 3. The smallest absolute Gasteiger partial charge is 0.338 e. The van der Waals surface area contributed by atoms with Crippen molar-refractivity contribution >= 4 is 17.3 Å². The molecule has 5 nitrogen and oxygen atoms in total. The quantitative estimate of drug-likeness (QED) is 0.681. The number of esters is 1. The monoisotopic (exact) mass is 291 g/mol. The van der Waals surface area contributed by atoms with Gasteiger partial charge < -0.3 is 20.3 Å². The topological polar surface area (TPSA) is 58.8 Å². The van der Waals surface area contributed by atoms with E-state index >= 15 is 0 Å². The summed E-state index contributed by atoms with van der Waals surface area (Å²) in [4.78, 5) is 16.5. The number of nitrogens with zero attached hydrogens (tertiary/aromatic N) is 2. The van der Waals surface area contributed by atoms with E-state index in [1.165, 1.54) is 0 Å². The van der Waals surface area contributed by atoms with Gasteiger partial charge in [-0.2, -0.15) is 0 Å². The van der Waals surface area contributed by atoms with Gasteiger partial charge in [0.1, 0.15) is 0 Å². The summed E-state index contributed by atoms with van der Waals surface area (Å²) in [5, 5.41) is 0. The van der Waals surface area contributed by atoms with Crippen LogP contribution in [0.5, 0.6) is 0 Å². The van der Waals surface area contributed by atoms with Crippen LogP contribution in [0.1, 0.15) is 30.6 Å². The number of ether oxygens (including phenoxy) is 1. The number of nitrogen functional groups attached to an aromatic ring is 1. The molecule has 0 spiro atoms. The number of benzene rings is 1. The zero-order chi connectivity index (χ0) is 15.4. The fraction of sp³-hybridized carbons (Fsp3) is 0.562. The van der Waals surface area contributed by atoms with Gasteiger partial charge in [0, 0.05) is 19.1 Å². The van der Waals surface area contributed by atoms with Gasteiger partial charge in [0.15, 0.2) is 0 Å². The van der Waals surface area contributed by atoms with Gasteiger partial charge in [-0.15, -0.1) is 0 Å². The van der Waals surface area contributed by atoms with Crippen molar-refractivity contribution in [3.8, 4) is 0 Å². The second kappa shape index (κ2) is 6.80. The Morgan fingerprint density at radius 1 is 1.43 bits per heavy atom. The van der Waals surface area contributed by atoms with Crippen LogP contribution < -0.4 is 10.6 Å². The Balaban J connectivity index is 2.29. The van der Waals surface area contributed by atoms with E-state index in [-0.39, 0.29) is 5.97 Å². The maximum atomic E-state index is 11.9. The first kappa shape index (κ1) is 15.6. The van der Waals surface area contributed by atoms with Crippen LogP contribution in [-0.2, 0) is 4.74 Å². The molecule has 0 radical (unpaired) electrons. The zero-order valence-electron chi connectivity index (χ0n) is 13.1. The molecule has 0 saturated carbocycles. The van der Waals surface area contributed by atoms with Crippen molar-refractivity contribution in [2.75, 3.05) is 43.9 Å². The van der Waals surface area contributed by atoms with Gasteiger partial charge in [0.05, 0.1) is 23.5 Å². The second-order valence-electron chi connectivity index (χ2n) is 5.65. The number of anilines is 2. The number of carbonyl (C=O) groups excluding carboxylic acids is 1. The lowest BCUT2D eigenvalue weighted by Crippen LogP contribution is -2.38. The number of carbonyl (C=O) groups is 1. The minimum atomic E-state index is -0.293. The molecule has 1 aliphatic rings. The number of hydrogen-bond donors (Lipinski definition) is 1. The molecule has 2 N–H and O–H groups in total. The van der Waals surface area contributed by atoms with Crippen molar-refractivity contribution < 1.29 is 9.53 Å². The maximum absolute atomic E-state index is 11.9. The molecule has 2 rings (SSSR count). The van der Waals surface area contributed by atoms with Crippen molar-refractivity contribution in [1.82, 2.24) is 4.90 Å². The van der Waals surface area contributed by atoms with Crippen LogP contribution in [-0.4, -0.2) is 50.2 Å². The van der Waals surface area contributed by atoms with Crippen molar-refractivity contribution in [1.29, 1.82) is 0 Å². The van der Waals surface area contributed by atoms with E-state index in [4.69, 9.17) is 10.5 Å². The van der Waals surface area contributed by atoms with Gasteiger partial charge in [-0.1, -0.05) is 0 Å². The molecule has 1 fully saturated rings. The third kappa shape index (κ3) is 3.67. The van der Waals surface area contributed by atoms with E-state index in [0.717, 1.165) is 31.7 Å². The van der Waals surface area contributed by atoms with Gasteiger partial charge in [0.2, 0.25) is 0 Å². The van der Waals surface area contributed by atoms with E-state index in [1.54, 1.807) is 12.1 Å². The van der Waals surface area contributed by atoms with Crippen molar-refractivity contribution in [3.63, 3.8) is 0 Å². The molecule has 1 aromatic rings. The van der Waals surface area contributed by atoms with Crippen LogP contribution in [0, 0.1) is 0 Å². The van der Waals surface area contributed by atoms with E-state index in [0.29, 0.717) is 23.9 Å². The number of nitrogens with two attached hydrogens (primary N) is 1. The molecular formula is C16H25N3O2. The predicted molar refractivity (Wildman–Crippen MR) is 85.7 cm³/mol. The van der Waals surface area contributed by atoms with Crippen LogP contribution in [0.15, 0.2) is 18.2 Å². The Morgan fingerprint density at radius 2 is 2.19 bits per heavy atom. The first-order valence-electron chi connectivity index (χ1n) is 7.54. The minimum absolute atomic E-state index is 0.293. The molecule has 1 aliphatic heterocycles. The summed E-state index contributed by atoms with van der Waals surface area (Å²) < 4.78 is 5.07. The molecule has 0 aromatic heterocycles. The molecule has 1 saturated heterocycles. The molecular weight excluding hydrogens is 266 g/mol. The second-order valence-corrected chi connectivity index (χ2v) is 5.65.